The highest BCUT2D eigenvalue weighted by atomic mass is 32.2. The number of carbonyl (C=O) groups is 1. The van der Waals surface area contributed by atoms with Gasteiger partial charge in [-0.3, -0.25) is 4.79 Å². The number of carbonyl (C=O) groups excluding carboxylic acids is 1. The molecule has 1 atom stereocenters. The number of methoxy groups -OCH3 is 1. The van der Waals surface area contributed by atoms with Gasteiger partial charge in [-0.15, -0.1) is 0 Å². The van der Waals surface area contributed by atoms with Gasteiger partial charge in [0.2, 0.25) is 0 Å². The maximum absolute atomic E-state index is 12.2. The number of hydrogen-bond donors (Lipinski definition) is 1. The number of thioether (sulfide) groups is 1. The summed E-state index contributed by atoms with van der Waals surface area (Å²) in [6.07, 6.45) is 1.20. The lowest BCUT2D eigenvalue weighted by Crippen LogP contribution is -2.31. The monoisotopic (exact) mass is 356 g/mol. The molecule has 0 bridgehead atoms. The van der Waals surface area contributed by atoms with Gasteiger partial charge in [-0.1, -0.05) is 42.5 Å². The molecule has 6 heteroatoms. The number of hydrazone groups is 1. The number of ether oxygens (including phenoxy) is 2. The topological polar surface area (TPSA) is 59.9 Å². The van der Waals surface area contributed by atoms with Crippen molar-refractivity contribution in [1.29, 1.82) is 0 Å². The van der Waals surface area contributed by atoms with E-state index >= 15 is 0 Å². The molecular formula is C19H20N2O3S. The van der Waals surface area contributed by atoms with Crippen LogP contribution < -0.4 is 10.2 Å². The predicted molar refractivity (Wildman–Crippen MR) is 100 cm³/mol. The van der Waals surface area contributed by atoms with Gasteiger partial charge in [0.1, 0.15) is 11.9 Å². The van der Waals surface area contributed by atoms with Crippen LogP contribution >= 0.6 is 11.8 Å². The van der Waals surface area contributed by atoms with Gasteiger partial charge in [0.05, 0.1) is 6.21 Å². The van der Waals surface area contributed by atoms with Gasteiger partial charge >= 0.3 is 0 Å². The summed E-state index contributed by atoms with van der Waals surface area (Å²) in [5, 5.41) is 4.03. The van der Waals surface area contributed by atoms with Gasteiger partial charge in [-0.05, 0) is 23.3 Å². The van der Waals surface area contributed by atoms with Crippen LogP contribution in [0, 0.1) is 0 Å². The highest BCUT2D eigenvalue weighted by molar-refractivity contribution is 8.00. The Bertz CT molecular complexity index is 732. The van der Waals surface area contributed by atoms with E-state index in [-0.39, 0.29) is 5.91 Å². The Morgan fingerprint density at radius 2 is 2.04 bits per heavy atom. The maximum Gasteiger partial charge on any atom is 0.273 e. The lowest BCUT2D eigenvalue weighted by Gasteiger charge is -2.25. The minimum Gasteiger partial charge on any atom is -0.489 e. The number of hydrogen-bond acceptors (Lipinski definition) is 5. The lowest BCUT2D eigenvalue weighted by molar-refractivity contribution is -0.131. The highest BCUT2D eigenvalue weighted by Crippen LogP contribution is 2.24. The third kappa shape index (κ3) is 4.84. The van der Waals surface area contributed by atoms with Crippen molar-refractivity contribution in [3.05, 3.63) is 65.7 Å². The molecule has 25 heavy (non-hydrogen) atoms. The van der Waals surface area contributed by atoms with Crippen molar-refractivity contribution in [2.45, 2.75) is 12.2 Å². The minimum absolute atomic E-state index is 0.297. The maximum atomic E-state index is 12.2. The molecule has 0 spiro atoms. The second kappa shape index (κ2) is 8.69. The van der Waals surface area contributed by atoms with Crippen molar-refractivity contribution in [3.8, 4) is 5.75 Å². The van der Waals surface area contributed by atoms with Crippen molar-refractivity contribution in [3.63, 3.8) is 0 Å². The molecule has 0 saturated carbocycles. The van der Waals surface area contributed by atoms with Gasteiger partial charge in [0, 0.05) is 18.6 Å². The second-order valence-electron chi connectivity index (χ2n) is 5.61. The number of nitrogens with one attached hydrogen (secondary N) is 1. The first-order valence-electron chi connectivity index (χ1n) is 8.01. The molecule has 1 saturated heterocycles. The summed E-state index contributed by atoms with van der Waals surface area (Å²) in [6, 6.07) is 17.0. The van der Waals surface area contributed by atoms with E-state index < -0.39 is 6.10 Å². The number of amides is 1. The minimum atomic E-state index is -0.691. The molecule has 1 fully saturated rings. The van der Waals surface area contributed by atoms with Crippen molar-refractivity contribution >= 4 is 23.9 Å². The average Bonchev–Trinajstić information content (AvgIpc) is 2.60. The van der Waals surface area contributed by atoms with Crippen LogP contribution in [0.1, 0.15) is 17.2 Å². The molecule has 0 radical (unpaired) electrons. The molecular weight excluding hydrogens is 336 g/mol. The van der Waals surface area contributed by atoms with Crippen molar-refractivity contribution < 1.29 is 14.3 Å². The van der Waals surface area contributed by atoms with E-state index in [4.69, 9.17) is 9.47 Å². The Kier molecular flexibility index (Phi) is 6.09. The third-order valence-electron chi connectivity index (χ3n) is 3.73. The molecule has 1 aliphatic rings. The fraction of sp³-hybridized carbons (Fsp3) is 0.263. The number of rotatable bonds is 7. The van der Waals surface area contributed by atoms with E-state index in [1.54, 1.807) is 6.21 Å². The van der Waals surface area contributed by atoms with E-state index in [2.05, 4.69) is 10.5 Å². The van der Waals surface area contributed by atoms with Crippen LogP contribution in [0.25, 0.3) is 0 Å². The number of benzene rings is 2. The van der Waals surface area contributed by atoms with E-state index in [1.165, 1.54) is 7.11 Å². The van der Waals surface area contributed by atoms with Gasteiger partial charge in [0.25, 0.3) is 5.91 Å². The zero-order valence-electron chi connectivity index (χ0n) is 13.9. The van der Waals surface area contributed by atoms with Crippen molar-refractivity contribution in [2.75, 3.05) is 18.6 Å². The summed E-state index contributed by atoms with van der Waals surface area (Å²) in [4.78, 5) is 12.2. The molecule has 130 valence electrons. The molecule has 1 heterocycles. The van der Waals surface area contributed by atoms with Crippen molar-refractivity contribution in [1.82, 2.24) is 5.43 Å². The zero-order valence-corrected chi connectivity index (χ0v) is 14.7. The molecule has 0 unspecified atom stereocenters. The van der Waals surface area contributed by atoms with Gasteiger partial charge in [0.15, 0.2) is 6.10 Å². The van der Waals surface area contributed by atoms with Crippen LogP contribution in [-0.4, -0.2) is 36.8 Å². The lowest BCUT2D eigenvalue weighted by atomic mass is 10.1. The Morgan fingerprint density at radius 3 is 2.72 bits per heavy atom. The first-order chi connectivity index (χ1) is 12.3. The first-order valence-corrected chi connectivity index (χ1v) is 9.17. The summed E-state index contributed by atoms with van der Waals surface area (Å²) < 4.78 is 11.1. The SMILES string of the molecule is CO[C@@H](C(=O)N/N=C\c1cccc(OC2CSC2)c1)c1ccccc1. The molecule has 0 aliphatic carbocycles. The molecule has 5 nitrogen and oxygen atoms in total. The largest absolute Gasteiger partial charge is 0.489 e. The molecule has 1 aliphatic heterocycles. The van der Waals surface area contributed by atoms with Gasteiger partial charge < -0.3 is 9.47 Å². The Hall–Kier alpha value is -2.31. The smallest absolute Gasteiger partial charge is 0.273 e. The molecule has 2 aromatic carbocycles. The van der Waals surface area contributed by atoms with E-state index in [1.807, 2.05) is 66.4 Å². The van der Waals surface area contributed by atoms with E-state index in [0.29, 0.717) is 6.10 Å². The van der Waals surface area contributed by atoms with Crippen LogP contribution in [0.4, 0.5) is 0 Å². The van der Waals surface area contributed by atoms with Crippen LogP contribution in [0.15, 0.2) is 59.7 Å². The van der Waals surface area contributed by atoms with Gasteiger partial charge in [-0.25, -0.2) is 5.43 Å². The first kappa shape index (κ1) is 17.5. The second-order valence-corrected chi connectivity index (χ2v) is 6.69. The summed E-state index contributed by atoms with van der Waals surface area (Å²) in [5.41, 5.74) is 4.17. The normalized spacial score (nSPS) is 15.6. The van der Waals surface area contributed by atoms with Crippen LogP contribution in [0.5, 0.6) is 5.75 Å². The molecule has 1 amide bonds. The summed E-state index contributed by atoms with van der Waals surface area (Å²) in [6.45, 7) is 0. The van der Waals surface area contributed by atoms with E-state index in [9.17, 15) is 4.79 Å². The Morgan fingerprint density at radius 1 is 1.24 bits per heavy atom. The average molecular weight is 356 g/mol. The van der Waals surface area contributed by atoms with E-state index in [0.717, 1.165) is 28.4 Å². The van der Waals surface area contributed by atoms with Crippen LogP contribution in [-0.2, 0) is 9.53 Å². The fourth-order valence-corrected chi connectivity index (χ4v) is 2.96. The van der Waals surface area contributed by atoms with Crippen molar-refractivity contribution in [2.24, 2.45) is 5.10 Å². The predicted octanol–water partition coefficient (Wildman–Crippen LogP) is 3.02. The molecule has 0 aromatic heterocycles. The quantitative estimate of drug-likeness (QED) is 0.612. The summed E-state index contributed by atoms with van der Waals surface area (Å²) >= 11 is 1.88. The fourth-order valence-electron chi connectivity index (χ4n) is 2.39. The van der Waals surface area contributed by atoms with Crippen LogP contribution in [0.2, 0.25) is 0 Å². The highest BCUT2D eigenvalue weighted by Gasteiger charge is 2.20. The third-order valence-corrected chi connectivity index (χ3v) is 4.95. The Labute approximate surface area is 151 Å². The molecule has 2 aromatic rings. The number of nitrogens with zero attached hydrogens (tertiary/aromatic N) is 1. The molecule has 3 rings (SSSR count). The molecule has 1 N–H and O–H groups in total. The summed E-state index contributed by atoms with van der Waals surface area (Å²) in [5.74, 6) is 2.57. The van der Waals surface area contributed by atoms with Gasteiger partial charge in [-0.2, -0.15) is 16.9 Å². The summed E-state index contributed by atoms with van der Waals surface area (Å²) in [7, 11) is 1.50. The van der Waals surface area contributed by atoms with Crippen LogP contribution in [0.3, 0.4) is 0 Å². The Balaban J connectivity index is 1.58. The zero-order chi connectivity index (χ0) is 17.5. The standard InChI is InChI=1S/C19H20N2O3S/c1-23-18(15-7-3-2-4-8-15)19(22)21-20-11-14-6-5-9-16(10-14)24-17-12-25-13-17/h2-11,17-18H,12-13H2,1H3,(H,21,22)/b20-11-/t18-/m1/s1.